The molecule has 1 aromatic carbocycles. The molecule has 0 spiro atoms. The molecule has 0 atom stereocenters. The van der Waals surface area contributed by atoms with Gasteiger partial charge in [-0.3, -0.25) is 4.79 Å². The Bertz CT molecular complexity index is 551. The molecular weight excluding hydrogens is 249 g/mol. The van der Waals surface area contributed by atoms with Gasteiger partial charge in [0.15, 0.2) is 0 Å². The zero-order chi connectivity index (χ0) is 13.2. The van der Waals surface area contributed by atoms with Crippen molar-refractivity contribution in [3.05, 3.63) is 36.4 Å². The van der Waals surface area contributed by atoms with E-state index in [-0.39, 0.29) is 5.69 Å². The zero-order valence-electron chi connectivity index (χ0n) is 8.85. The van der Waals surface area contributed by atoms with Crippen molar-refractivity contribution in [2.24, 2.45) is 0 Å². The van der Waals surface area contributed by atoms with Crippen LogP contribution in [0.3, 0.4) is 0 Å². The van der Waals surface area contributed by atoms with Crippen molar-refractivity contribution in [2.45, 2.75) is 6.18 Å². The highest BCUT2D eigenvalue weighted by atomic mass is 19.4. The monoisotopic (exact) mass is 256 g/mol. The summed E-state index contributed by atoms with van der Waals surface area (Å²) in [6.45, 7) is 0. The largest absolute Gasteiger partial charge is 0.416 e. The van der Waals surface area contributed by atoms with E-state index in [2.05, 4.69) is 15.4 Å². The van der Waals surface area contributed by atoms with Crippen LogP contribution in [0.4, 0.5) is 18.9 Å². The van der Waals surface area contributed by atoms with Gasteiger partial charge in [0.2, 0.25) is 6.41 Å². The van der Waals surface area contributed by atoms with Gasteiger partial charge < -0.3 is 5.32 Å². The average molecular weight is 256 g/mol. The smallest absolute Gasteiger partial charge is 0.327 e. The summed E-state index contributed by atoms with van der Waals surface area (Å²) in [5, 5.41) is 6.00. The molecule has 0 aliphatic carbocycles. The summed E-state index contributed by atoms with van der Waals surface area (Å²) < 4.78 is 38.9. The summed E-state index contributed by atoms with van der Waals surface area (Å²) in [5.74, 6) is 0. The lowest BCUT2D eigenvalue weighted by Crippen LogP contribution is -2.09. The molecule has 0 fully saturated rings. The molecule has 2 aromatic rings. The molecule has 5 nitrogen and oxygen atoms in total. The molecule has 1 N–H and O–H groups in total. The first-order chi connectivity index (χ1) is 8.52. The van der Waals surface area contributed by atoms with Crippen LogP contribution in [-0.2, 0) is 11.0 Å². The van der Waals surface area contributed by atoms with Crippen molar-refractivity contribution in [1.82, 2.24) is 14.8 Å². The van der Waals surface area contributed by atoms with E-state index in [9.17, 15) is 18.0 Å². The predicted molar refractivity (Wildman–Crippen MR) is 56.0 cm³/mol. The molecule has 1 amide bonds. The predicted octanol–water partition coefficient (Wildman–Crippen LogP) is 1.85. The number of rotatable bonds is 3. The quantitative estimate of drug-likeness (QED) is 0.852. The third kappa shape index (κ3) is 2.31. The number of hydrogen-bond donors (Lipinski definition) is 1. The molecule has 0 unspecified atom stereocenters. The van der Waals surface area contributed by atoms with Gasteiger partial charge >= 0.3 is 6.18 Å². The Morgan fingerprint density at radius 2 is 2.11 bits per heavy atom. The van der Waals surface area contributed by atoms with Gasteiger partial charge in [-0.1, -0.05) is 0 Å². The topological polar surface area (TPSA) is 59.8 Å². The Morgan fingerprint density at radius 1 is 1.33 bits per heavy atom. The van der Waals surface area contributed by atoms with Crippen LogP contribution >= 0.6 is 0 Å². The van der Waals surface area contributed by atoms with Crippen LogP contribution in [0.25, 0.3) is 5.69 Å². The van der Waals surface area contributed by atoms with E-state index in [4.69, 9.17) is 0 Å². The van der Waals surface area contributed by atoms with Crippen LogP contribution in [0.1, 0.15) is 5.56 Å². The van der Waals surface area contributed by atoms with Crippen LogP contribution < -0.4 is 5.32 Å². The van der Waals surface area contributed by atoms with Crippen molar-refractivity contribution >= 4 is 12.1 Å². The number of amides is 1. The number of halogens is 3. The molecule has 0 aliphatic rings. The van der Waals surface area contributed by atoms with E-state index in [0.29, 0.717) is 12.1 Å². The van der Waals surface area contributed by atoms with Gasteiger partial charge in [0, 0.05) is 0 Å². The van der Waals surface area contributed by atoms with Crippen molar-refractivity contribution < 1.29 is 18.0 Å². The number of nitrogens with zero attached hydrogens (tertiary/aromatic N) is 3. The minimum Gasteiger partial charge on any atom is -0.327 e. The number of aromatic nitrogens is 3. The SMILES string of the molecule is O=CNc1cc(C(F)(F)F)ccc1-n1cncn1. The summed E-state index contributed by atoms with van der Waals surface area (Å²) in [5.41, 5.74) is -0.548. The summed E-state index contributed by atoms with van der Waals surface area (Å²) in [7, 11) is 0. The van der Waals surface area contributed by atoms with Gasteiger partial charge in [0.1, 0.15) is 12.7 Å². The Labute approximate surface area is 99.3 Å². The third-order valence-corrected chi connectivity index (χ3v) is 2.20. The van der Waals surface area contributed by atoms with Crippen LogP contribution in [-0.4, -0.2) is 21.2 Å². The van der Waals surface area contributed by atoms with Gasteiger partial charge in [0.05, 0.1) is 16.9 Å². The average Bonchev–Trinajstić information content (AvgIpc) is 2.81. The van der Waals surface area contributed by atoms with Crippen LogP contribution in [0.15, 0.2) is 30.9 Å². The number of benzene rings is 1. The highest BCUT2D eigenvalue weighted by Gasteiger charge is 2.31. The highest BCUT2D eigenvalue weighted by molar-refractivity contribution is 5.77. The van der Waals surface area contributed by atoms with Gasteiger partial charge in [-0.2, -0.15) is 18.3 Å². The fraction of sp³-hybridized carbons (Fsp3) is 0.100. The molecule has 0 saturated carbocycles. The second kappa shape index (κ2) is 4.47. The number of hydrogen-bond acceptors (Lipinski definition) is 3. The molecule has 0 bridgehead atoms. The number of nitrogens with one attached hydrogen (secondary N) is 1. The van der Waals surface area contributed by atoms with E-state index < -0.39 is 11.7 Å². The van der Waals surface area contributed by atoms with E-state index in [0.717, 1.165) is 12.1 Å². The van der Waals surface area contributed by atoms with E-state index >= 15 is 0 Å². The maximum atomic E-state index is 12.5. The minimum atomic E-state index is -4.47. The zero-order valence-corrected chi connectivity index (χ0v) is 8.85. The number of anilines is 1. The number of carbonyl (C=O) groups is 1. The molecule has 1 aromatic heterocycles. The van der Waals surface area contributed by atoms with Crippen LogP contribution in [0.5, 0.6) is 0 Å². The first-order valence-electron chi connectivity index (χ1n) is 4.79. The van der Waals surface area contributed by atoms with Crippen LogP contribution in [0, 0.1) is 0 Å². The van der Waals surface area contributed by atoms with Gasteiger partial charge in [-0.05, 0) is 18.2 Å². The van der Waals surface area contributed by atoms with Gasteiger partial charge in [-0.25, -0.2) is 9.67 Å². The van der Waals surface area contributed by atoms with Crippen molar-refractivity contribution in [3.8, 4) is 5.69 Å². The molecule has 2 rings (SSSR count). The Morgan fingerprint density at radius 3 is 2.67 bits per heavy atom. The lowest BCUT2D eigenvalue weighted by molar-refractivity contribution is -0.137. The molecule has 0 saturated heterocycles. The minimum absolute atomic E-state index is 0.00493. The molecule has 94 valence electrons. The van der Waals surface area contributed by atoms with E-state index in [1.165, 1.54) is 23.4 Å². The van der Waals surface area contributed by atoms with Crippen LogP contribution in [0.2, 0.25) is 0 Å². The first-order valence-corrected chi connectivity index (χ1v) is 4.79. The summed E-state index contributed by atoms with van der Waals surface area (Å²) in [4.78, 5) is 14.1. The summed E-state index contributed by atoms with van der Waals surface area (Å²) in [6, 6.07) is 2.96. The molecule has 8 heteroatoms. The van der Waals surface area contributed by atoms with Gasteiger partial charge in [-0.15, -0.1) is 0 Å². The summed E-state index contributed by atoms with van der Waals surface area (Å²) >= 11 is 0. The fourth-order valence-corrected chi connectivity index (χ4v) is 1.42. The normalized spacial score (nSPS) is 11.3. The number of alkyl halides is 3. The summed E-state index contributed by atoms with van der Waals surface area (Å²) in [6.07, 6.45) is -1.61. The Kier molecular flexibility index (Phi) is 3.00. The van der Waals surface area contributed by atoms with Gasteiger partial charge in [0.25, 0.3) is 0 Å². The van der Waals surface area contributed by atoms with Crippen molar-refractivity contribution in [3.63, 3.8) is 0 Å². The number of carbonyl (C=O) groups excluding carboxylic acids is 1. The van der Waals surface area contributed by atoms with E-state index in [1.807, 2.05) is 0 Å². The maximum Gasteiger partial charge on any atom is 0.416 e. The molecular formula is C10H7F3N4O. The lowest BCUT2D eigenvalue weighted by atomic mass is 10.1. The Balaban J connectivity index is 2.51. The third-order valence-electron chi connectivity index (χ3n) is 2.20. The molecule has 0 radical (unpaired) electrons. The second-order valence-corrected chi connectivity index (χ2v) is 3.33. The highest BCUT2D eigenvalue weighted by Crippen LogP contribution is 2.32. The van der Waals surface area contributed by atoms with Crippen molar-refractivity contribution in [1.29, 1.82) is 0 Å². The van der Waals surface area contributed by atoms with E-state index in [1.54, 1.807) is 0 Å². The standard InChI is InChI=1S/C10H7F3N4O/c11-10(12,13)7-1-2-9(8(3-7)15-6-18)17-5-14-4-16-17/h1-6H,(H,15,18). The Hall–Kier alpha value is -2.38. The first kappa shape index (κ1) is 12.1. The molecule has 1 heterocycles. The van der Waals surface area contributed by atoms with Crippen molar-refractivity contribution in [2.75, 3.05) is 5.32 Å². The lowest BCUT2D eigenvalue weighted by Gasteiger charge is -2.12. The second-order valence-electron chi connectivity index (χ2n) is 3.33. The molecule has 18 heavy (non-hydrogen) atoms. The maximum absolute atomic E-state index is 12.5. The fourth-order valence-electron chi connectivity index (χ4n) is 1.42. The molecule has 0 aliphatic heterocycles.